The highest BCUT2D eigenvalue weighted by atomic mass is 32.1. The van der Waals surface area contributed by atoms with Crippen LogP contribution in [-0.4, -0.2) is 30.3 Å². The van der Waals surface area contributed by atoms with Gasteiger partial charge in [-0.25, -0.2) is 0 Å². The van der Waals surface area contributed by atoms with E-state index < -0.39 is 0 Å². The third-order valence-electron chi connectivity index (χ3n) is 2.97. The van der Waals surface area contributed by atoms with Gasteiger partial charge in [-0.15, -0.1) is 11.3 Å². The normalized spacial score (nSPS) is 14.9. The predicted molar refractivity (Wildman–Crippen MR) is 78.2 cm³/mol. The molecule has 4 heteroatoms. The molecular formula is C14H26N2OS. The van der Waals surface area contributed by atoms with Crippen LogP contribution in [0.25, 0.3) is 0 Å². The highest BCUT2D eigenvalue weighted by Crippen LogP contribution is 2.17. The number of rotatable bonds is 9. The highest BCUT2D eigenvalue weighted by molar-refractivity contribution is 7.09. The summed E-state index contributed by atoms with van der Waals surface area (Å²) in [4.78, 5) is 5.48. The molecule has 0 bridgehead atoms. The molecule has 0 radical (unpaired) electrons. The Hall–Kier alpha value is -0.450. The molecule has 1 N–H and O–H groups in total. The monoisotopic (exact) mass is 270 g/mol. The van der Waals surface area contributed by atoms with Gasteiger partial charge in [-0.2, -0.15) is 0 Å². The fourth-order valence-corrected chi connectivity index (χ4v) is 2.81. The lowest BCUT2D eigenvalue weighted by Crippen LogP contribution is -2.46. The summed E-state index contributed by atoms with van der Waals surface area (Å²) in [5.74, 6) is 0.521. The zero-order valence-corrected chi connectivity index (χ0v) is 12.8. The van der Waals surface area contributed by atoms with Gasteiger partial charge in [-0.3, -0.25) is 4.98 Å². The van der Waals surface area contributed by atoms with Crippen LogP contribution in [0, 0.1) is 5.92 Å². The number of nitrogens with one attached hydrogen (secondary N) is 1. The summed E-state index contributed by atoms with van der Waals surface area (Å²) >= 11 is 1.73. The SMILES string of the molecule is CCCNC(Cc1cncs1)C(OCC)C(C)C. The Morgan fingerprint density at radius 2 is 2.17 bits per heavy atom. The van der Waals surface area contributed by atoms with Crippen molar-refractivity contribution in [3.63, 3.8) is 0 Å². The van der Waals surface area contributed by atoms with Crippen molar-refractivity contribution in [2.45, 2.75) is 52.7 Å². The van der Waals surface area contributed by atoms with Crippen LogP contribution in [0.3, 0.4) is 0 Å². The number of hydrogen-bond donors (Lipinski definition) is 1. The minimum Gasteiger partial charge on any atom is -0.377 e. The first-order valence-corrected chi connectivity index (χ1v) is 7.79. The van der Waals surface area contributed by atoms with Gasteiger partial charge in [-0.1, -0.05) is 20.8 Å². The van der Waals surface area contributed by atoms with Crippen molar-refractivity contribution in [1.29, 1.82) is 0 Å². The van der Waals surface area contributed by atoms with Gasteiger partial charge in [0.1, 0.15) is 0 Å². The Labute approximate surface area is 115 Å². The molecule has 0 fully saturated rings. The zero-order valence-electron chi connectivity index (χ0n) is 12.0. The molecule has 2 unspecified atom stereocenters. The predicted octanol–water partition coefficient (Wildman–Crippen LogP) is 3.11. The van der Waals surface area contributed by atoms with Crippen molar-refractivity contribution < 1.29 is 4.74 Å². The summed E-state index contributed by atoms with van der Waals surface area (Å²) in [5, 5.41) is 3.63. The Kier molecular flexibility index (Phi) is 7.47. The molecule has 0 aromatic carbocycles. The van der Waals surface area contributed by atoms with Crippen LogP contribution >= 0.6 is 11.3 Å². The van der Waals surface area contributed by atoms with Crippen LogP contribution in [0.1, 0.15) is 39.0 Å². The topological polar surface area (TPSA) is 34.2 Å². The van der Waals surface area contributed by atoms with Gasteiger partial charge in [-0.05, 0) is 25.8 Å². The molecule has 2 atom stereocenters. The Bertz CT molecular complexity index is 301. The molecule has 0 aliphatic rings. The maximum absolute atomic E-state index is 5.93. The van der Waals surface area contributed by atoms with Crippen LogP contribution in [0.5, 0.6) is 0 Å². The smallest absolute Gasteiger partial charge is 0.0794 e. The minimum absolute atomic E-state index is 0.267. The third kappa shape index (κ3) is 5.04. The Balaban J connectivity index is 2.67. The Morgan fingerprint density at radius 1 is 1.39 bits per heavy atom. The van der Waals surface area contributed by atoms with Gasteiger partial charge in [0.05, 0.1) is 11.6 Å². The lowest BCUT2D eigenvalue weighted by molar-refractivity contribution is 0.00379. The van der Waals surface area contributed by atoms with E-state index >= 15 is 0 Å². The number of ether oxygens (including phenoxy) is 1. The van der Waals surface area contributed by atoms with Crippen molar-refractivity contribution >= 4 is 11.3 Å². The van der Waals surface area contributed by atoms with Gasteiger partial charge < -0.3 is 10.1 Å². The second kappa shape index (κ2) is 8.62. The van der Waals surface area contributed by atoms with Crippen LogP contribution in [0.2, 0.25) is 0 Å². The lowest BCUT2D eigenvalue weighted by Gasteiger charge is -2.30. The lowest BCUT2D eigenvalue weighted by atomic mass is 9.96. The quantitative estimate of drug-likeness (QED) is 0.748. The zero-order chi connectivity index (χ0) is 13.4. The van der Waals surface area contributed by atoms with E-state index in [0.29, 0.717) is 12.0 Å². The van der Waals surface area contributed by atoms with Crippen LogP contribution in [-0.2, 0) is 11.2 Å². The van der Waals surface area contributed by atoms with Crippen molar-refractivity contribution in [2.75, 3.05) is 13.2 Å². The van der Waals surface area contributed by atoms with Gasteiger partial charge in [0, 0.05) is 30.1 Å². The van der Waals surface area contributed by atoms with Crippen LogP contribution < -0.4 is 5.32 Å². The van der Waals surface area contributed by atoms with Gasteiger partial charge >= 0.3 is 0 Å². The summed E-state index contributed by atoms with van der Waals surface area (Å²) in [5.41, 5.74) is 1.90. The molecule has 1 heterocycles. The summed E-state index contributed by atoms with van der Waals surface area (Å²) in [6.07, 6.45) is 4.39. The first-order valence-electron chi connectivity index (χ1n) is 6.91. The summed E-state index contributed by atoms with van der Waals surface area (Å²) < 4.78 is 5.93. The molecule has 3 nitrogen and oxygen atoms in total. The second-order valence-corrected chi connectivity index (χ2v) is 5.87. The second-order valence-electron chi connectivity index (χ2n) is 4.90. The average Bonchev–Trinajstić information content (AvgIpc) is 2.84. The molecular weight excluding hydrogens is 244 g/mol. The molecule has 1 aromatic rings. The maximum atomic E-state index is 5.93. The molecule has 0 amide bonds. The summed E-state index contributed by atoms with van der Waals surface area (Å²) in [6.45, 7) is 10.5. The molecule has 0 aliphatic heterocycles. The largest absolute Gasteiger partial charge is 0.377 e. The van der Waals surface area contributed by atoms with E-state index in [-0.39, 0.29) is 6.10 Å². The molecule has 104 valence electrons. The molecule has 1 rings (SSSR count). The number of hydrogen-bond acceptors (Lipinski definition) is 4. The molecule has 0 saturated heterocycles. The van der Waals surface area contributed by atoms with Crippen LogP contribution in [0.4, 0.5) is 0 Å². The Morgan fingerprint density at radius 3 is 2.67 bits per heavy atom. The van der Waals surface area contributed by atoms with Crippen LogP contribution in [0.15, 0.2) is 11.7 Å². The maximum Gasteiger partial charge on any atom is 0.0794 e. The minimum atomic E-state index is 0.267. The van der Waals surface area contributed by atoms with E-state index in [0.717, 1.165) is 26.0 Å². The third-order valence-corrected chi connectivity index (χ3v) is 3.78. The van der Waals surface area contributed by atoms with Crippen molar-refractivity contribution in [1.82, 2.24) is 10.3 Å². The van der Waals surface area contributed by atoms with E-state index in [1.54, 1.807) is 11.3 Å². The average molecular weight is 270 g/mol. The van der Waals surface area contributed by atoms with Gasteiger partial charge in [0.25, 0.3) is 0 Å². The van der Waals surface area contributed by atoms with E-state index in [4.69, 9.17) is 4.74 Å². The standard InChI is InChI=1S/C14H26N2OS/c1-5-7-16-13(8-12-9-15-10-18-12)14(11(3)4)17-6-2/h9-11,13-14,16H,5-8H2,1-4H3. The van der Waals surface area contributed by atoms with E-state index in [1.165, 1.54) is 4.88 Å². The van der Waals surface area contributed by atoms with Crippen molar-refractivity contribution in [3.05, 3.63) is 16.6 Å². The molecule has 1 aromatic heterocycles. The van der Waals surface area contributed by atoms with Crippen molar-refractivity contribution in [2.24, 2.45) is 5.92 Å². The number of aromatic nitrogens is 1. The van der Waals surface area contributed by atoms with Gasteiger partial charge in [0.15, 0.2) is 0 Å². The number of nitrogens with zero attached hydrogens (tertiary/aromatic N) is 1. The van der Waals surface area contributed by atoms with E-state index in [2.05, 4.69) is 38.0 Å². The molecule has 18 heavy (non-hydrogen) atoms. The van der Waals surface area contributed by atoms with Gasteiger partial charge in [0.2, 0.25) is 0 Å². The molecule has 0 aliphatic carbocycles. The fourth-order valence-electron chi connectivity index (χ4n) is 2.16. The number of thiazole rings is 1. The molecule has 0 saturated carbocycles. The first kappa shape index (κ1) is 15.6. The summed E-state index contributed by atoms with van der Waals surface area (Å²) in [7, 11) is 0. The van der Waals surface area contributed by atoms with Crippen molar-refractivity contribution in [3.8, 4) is 0 Å². The van der Waals surface area contributed by atoms with E-state index in [1.807, 2.05) is 11.7 Å². The fraction of sp³-hybridized carbons (Fsp3) is 0.786. The highest BCUT2D eigenvalue weighted by Gasteiger charge is 2.25. The van der Waals surface area contributed by atoms with E-state index in [9.17, 15) is 0 Å². The summed E-state index contributed by atoms with van der Waals surface area (Å²) in [6, 6.07) is 0.380. The first-order chi connectivity index (χ1) is 8.69. The molecule has 0 spiro atoms.